The van der Waals surface area contributed by atoms with Crippen molar-refractivity contribution in [3.8, 4) is 0 Å². The molecule has 1 nitrogen and oxygen atoms in total. The Morgan fingerprint density at radius 3 is 2.19 bits per heavy atom. The fourth-order valence-corrected chi connectivity index (χ4v) is 2.30. The standard InChI is InChI=1S/C11H18F4O/c1-7(2)10(14)5-6-16-11(15,8(10)3)9(4,12)13/h7-8H,5-6H2,1-4H3. The molecular weight excluding hydrogens is 224 g/mol. The van der Waals surface area contributed by atoms with Crippen molar-refractivity contribution in [1.82, 2.24) is 0 Å². The number of ether oxygens (including phenoxy) is 1. The van der Waals surface area contributed by atoms with Gasteiger partial charge in [-0.05, 0) is 5.92 Å². The van der Waals surface area contributed by atoms with Crippen LogP contribution in [0.25, 0.3) is 0 Å². The molecule has 5 heteroatoms. The zero-order valence-electron chi connectivity index (χ0n) is 9.99. The number of alkyl halides is 4. The van der Waals surface area contributed by atoms with Crippen LogP contribution >= 0.6 is 0 Å². The van der Waals surface area contributed by atoms with Crippen molar-refractivity contribution in [3.63, 3.8) is 0 Å². The third-order valence-electron chi connectivity index (χ3n) is 3.63. The second kappa shape index (κ2) is 3.86. The molecule has 0 N–H and O–H groups in total. The molecule has 1 aliphatic heterocycles. The smallest absolute Gasteiger partial charge is 0.303 e. The molecule has 0 aromatic carbocycles. The maximum Gasteiger partial charge on any atom is 0.303 e. The maximum atomic E-state index is 14.5. The molecule has 0 amide bonds. The van der Waals surface area contributed by atoms with Crippen molar-refractivity contribution in [2.75, 3.05) is 6.61 Å². The summed E-state index contributed by atoms with van der Waals surface area (Å²) < 4.78 is 59.5. The molecule has 0 spiro atoms. The zero-order chi connectivity index (χ0) is 12.8. The van der Waals surface area contributed by atoms with Gasteiger partial charge in [0.05, 0.1) is 12.5 Å². The highest BCUT2D eigenvalue weighted by molar-refractivity contribution is 5.02. The molecule has 0 radical (unpaired) electrons. The fourth-order valence-electron chi connectivity index (χ4n) is 2.30. The first-order valence-corrected chi connectivity index (χ1v) is 5.45. The Hall–Kier alpha value is -0.320. The number of hydrogen-bond acceptors (Lipinski definition) is 1. The highest BCUT2D eigenvalue weighted by Crippen LogP contribution is 2.51. The van der Waals surface area contributed by atoms with Crippen LogP contribution in [0.3, 0.4) is 0 Å². The largest absolute Gasteiger partial charge is 0.341 e. The van der Waals surface area contributed by atoms with E-state index in [1.165, 1.54) is 0 Å². The van der Waals surface area contributed by atoms with Crippen LogP contribution in [0.4, 0.5) is 17.6 Å². The van der Waals surface area contributed by atoms with Crippen molar-refractivity contribution in [3.05, 3.63) is 0 Å². The Labute approximate surface area is 93.2 Å². The van der Waals surface area contributed by atoms with Crippen LogP contribution < -0.4 is 0 Å². The highest BCUT2D eigenvalue weighted by Gasteiger charge is 2.65. The predicted octanol–water partition coefficient (Wildman–Crippen LogP) is 3.73. The average Bonchev–Trinajstić information content (AvgIpc) is 2.12. The molecule has 3 atom stereocenters. The van der Waals surface area contributed by atoms with E-state index in [1.54, 1.807) is 13.8 Å². The Morgan fingerprint density at radius 2 is 1.81 bits per heavy atom. The zero-order valence-corrected chi connectivity index (χ0v) is 9.99. The van der Waals surface area contributed by atoms with E-state index in [9.17, 15) is 17.6 Å². The summed E-state index contributed by atoms with van der Waals surface area (Å²) in [6.07, 6.45) is -0.0480. The van der Waals surface area contributed by atoms with Crippen LogP contribution in [0.15, 0.2) is 0 Å². The number of rotatable bonds is 2. The number of hydrogen-bond donors (Lipinski definition) is 0. The van der Waals surface area contributed by atoms with Crippen molar-refractivity contribution in [1.29, 1.82) is 0 Å². The molecular formula is C11H18F4O. The van der Waals surface area contributed by atoms with Gasteiger partial charge in [0.25, 0.3) is 5.85 Å². The molecule has 0 saturated carbocycles. The maximum absolute atomic E-state index is 14.5. The molecule has 0 aliphatic carbocycles. The lowest BCUT2D eigenvalue weighted by molar-refractivity contribution is -0.336. The van der Waals surface area contributed by atoms with E-state index >= 15 is 0 Å². The van der Waals surface area contributed by atoms with Crippen LogP contribution in [0.5, 0.6) is 0 Å². The Bertz CT molecular complexity index is 263. The van der Waals surface area contributed by atoms with Gasteiger partial charge in [0, 0.05) is 13.3 Å². The summed E-state index contributed by atoms with van der Waals surface area (Å²) >= 11 is 0. The van der Waals surface area contributed by atoms with Crippen molar-refractivity contribution in [2.45, 2.75) is 51.6 Å². The molecule has 1 aliphatic rings. The molecule has 1 rings (SSSR count). The lowest BCUT2D eigenvalue weighted by Gasteiger charge is -2.48. The Morgan fingerprint density at radius 1 is 1.31 bits per heavy atom. The van der Waals surface area contributed by atoms with Crippen LogP contribution in [0.1, 0.15) is 34.1 Å². The first-order chi connectivity index (χ1) is 7.06. The quantitative estimate of drug-likeness (QED) is 0.670. The van der Waals surface area contributed by atoms with E-state index in [-0.39, 0.29) is 13.0 Å². The summed E-state index contributed by atoms with van der Waals surface area (Å²) in [5.74, 6) is -8.94. The van der Waals surface area contributed by atoms with Gasteiger partial charge in [0.2, 0.25) is 0 Å². The van der Waals surface area contributed by atoms with E-state index in [0.29, 0.717) is 6.92 Å². The van der Waals surface area contributed by atoms with E-state index in [2.05, 4.69) is 4.74 Å². The van der Waals surface area contributed by atoms with E-state index in [4.69, 9.17) is 0 Å². The lowest BCUT2D eigenvalue weighted by Crippen LogP contribution is -2.61. The van der Waals surface area contributed by atoms with Gasteiger partial charge in [0.1, 0.15) is 5.67 Å². The monoisotopic (exact) mass is 242 g/mol. The normalized spacial score (nSPS) is 41.4. The molecule has 16 heavy (non-hydrogen) atoms. The molecule has 0 aromatic rings. The highest BCUT2D eigenvalue weighted by atomic mass is 19.3. The van der Waals surface area contributed by atoms with Crippen LogP contribution in [0.2, 0.25) is 0 Å². The van der Waals surface area contributed by atoms with Gasteiger partial charge in [-0.15, -0.1) is 0 Å². The molecule has 3 unspecified atom stereocenters. The number of halogens is 4. The minimum absolute atomic E-state index is 0.0480. The summed E-state index contributed by atoms with van der Waals surface area (Å²) in [5, 5.41) is 0. The van der Waals surface area contributed by atoms with Gasteiger partial charge < -0.3 is 4.74 Å². The van der Waals surface area contributed by atoms with Crippen molar-refractivity contribution >= 4 is 0 Å². The van der Waals surface area contributed by atoms with Gasteiger partial charge in [-0.25, -0.2) is 17.6 Å². The summed E-state index contributed by atoms with van der Waals surface area (Å²) in [4.78, 5) is 0. The average molecular weight is 242 g/mol. The fraction of sp³-hybridized carbons (Fsp3) is 1.00. The van der Waals surface area contributed by atoms with Gasteiger partial charge in [-0.2, -0.15) is 0 Å². The molecule has 0 bridgehead atoms. The first kappa shape index (κ1) is 13.7. The second-order valence-corrected chi connectivity index (χ2v) is 4.93. The topological polar surface area (TPSA) is 9.23 Å². The minimum atomic E-state index is -3.71. The molecule has 0 aromatic heterocycles. The first-order valence-electron chi connectivity index (χ1n) is 5.45. The van der Waals surface area contributed by atoms with E-state index in [0.717, 1.165) is 6.92 Å². The van der Waals surface area contributed by atoms with Crippen molar-refractivity contribution < 1.29 is 22.3 Å². The summed E-state index contributed by atoms with van der Waals surface area (Å²) in [6, 6.07) is 0. The Kier molecular flexibility index (Phi) is 3.32. The molecule has 1 fully saturated rings. The third-order valence-corrected chi connectivity index (χ3v) is 3.63. The van der Waals surface area contributed by atoms with Crippen LogP contribution in [0, 0.1) is 11.8 Å². The van der Waals surface area contributed by atoms with Gasteiger partial charge in [0.15, 0.2) is 0 Å². The summed E-state index contributed by atoms with van der Waals surface area (Å²) in [6.45, 7) is 4.39. The minimum Gasteiger partial charge on any atom is -0.341 e. The molecule has 1 heterocycles. The van der Waals surface area contributed by atoms with Gasteiger partial charge in [-0.1, -0.05) is 20.8 Å². The second-order valence-electron chi connectivity index (χ2n) is 4.93. The summed E-state index contributed by atoms with van der Waals surface area (Å²) in [5.41, 5.74) is -1.95. The third kappa shape index (κ3) is 1.83. The van der Waals surface area contributed by atoms with Gasteiger partial charge >= 0.3 is 5.92 Å². The summed E-state index contributed by atoms with van der Waals surface area (Å²) in [7, 11) is 0. The van der Waals surface area contributed by atoms with E-state index < -0.39 is 29.3 Å². The van der Waals surface area contributed by atoms with Crippen LogP contribution in [-0.2, 0) is 4.74 Å². The lowest BCUT2D eigenvalue weighted by atomic mass is 9.72. The van der Waals surface area contributed by atoms with Gasteiger partial charge in [-0.3, -0.25) is 0 Å². The SMILES string of the molecule is CC(C)C1(F)CCOC(F)(C(C)(F)F)C1C. The molecule has 96 valence electrons. The van der Waals surface area contributed by atoms with Crippen molar-refractivity contribution in [2.24, 2.45) is 11.8 Å². The molecule has 1 saturated heterocycles. The van der Waals surface area contributed by atoms with E-state index in [1.807, 2.05) is 0 Å². The van der Waals surface area contributed by atoms with Crippen LogP contribution in [-0.4, -0.2) is 24.1 Å². The predicted molar refractivity (Wildman–Crippen MR) is 52.9 cm³/mol. The Balaban J connectivity index is 3.09.